The van der Waals surface area contributed by atoms with E-state index in [4.69, 9.17) is 23.2 Å². The molecule has 164 valence electrons. The number of benzene rings is 1. The van der Waals surface area contributed by atoms with Gasteiger partial charge in [-0.2, -0.15) is 13.2 Å². The summed E-state index contributed by atoms with van der Waals surface area (Å²) in [5, 5.41) is 7.30. The van der Waals surface area contributed by atoms with Crippen LogP contribution < -0.4 is 16.0 Å². The van der Waals surface area contributed by atoms with Gasteiger partial charge in [-0.15, -0.1) is 12.4 Å². The molecule has 2 aliphatic rings. The number of alkyl halides is 3. The second kappa shape index (κ2) is 8.07. The predicted molar refractivity (Wildman–Crippen MR) is 108 cm³/mol. The average molecular weight is 487 g/mol. The van der Waals surface area contributed by atoms with Gasteiger partial charge in [0.05, 0.1) is 21.1 Å². The largest absolute Gasteiger partial charge is 0.440 e. The van der Waals surface area contributed by atoms with E-state index in [-0.39, 0.29) is 51.8 Å². The number of hydrogen-bond donors (Lipinski definition) is 3. The smallest absolute Gasteiger partial charge is 0.317 e. The molecule has 7 nitrogen and oxygen atoms in total. The maximum atomic E-state index is 14.3. The maximum absolute atomic E-state index is 14.3. The fourth-order valence-corrected chi connectivity index (χ4v) is 4.15. The average Bonchev–Trinajstić information content (AvgIpc) is 3.10. The summed E-state index contributed by atoms with van der Waals surface area (Å²) in [5.74, 6) is -2.70. The number of piperidine rings is 1. The molecule has 2 aliphatic heterocycles. The Labute approximate surface area is 185 Å². The van der Waals surface area contributed by atoms with Crippen LogP contribution in [0.5, 0.6) is 0 Å². The van der Waals surface area contributed by atoms with Crippen molar-refractivity contribution in [3.8, 4) is 0 Å². The standard InChI is InChI=1S/C17H16Cl2F3N5O2.ClH/c18-9-6-11-12(7-10(9)19)27-15(24-11)25-14(29)16(27,17(20,21)22)26-13(28)5-8-1-3-23-4-2-8;/h6-8,23H,1-5H2,(H,26,28)(H,24,25,29);1H. The van der Waals surface area contributed by atoms with Gasteiger partial charge in [0.25, 0.3) is 11.6 Å². The first-order valence-electron chi connectivity index (χ1n) is 8.91. The highest BCUT2D eigenvalue weighted by molar-refractivity contribution is 6.42. The molecule has 0 aliphatic carbocycles. The first-order valence-corrected chi connectivity index (χ1v) is 9.67. The van der Waals surface area contributed by atoms with E-state index in [9.17, 15) is 22.8 Å². The molecular weight excluding hydrogens is 470 g/mol. The quantitative estimate of drug-likeness (QED) is 0.620. The fraction of sp³-hybridized carbons (Fsp3) is 0.471. The molecule has 30 heavy (non-hydrogen) atoms. The lowest BCUT2D eigenvalue weighted by Gasteiger charge is -2.32. The van der Waals surface area contributed by atoms with Crippen LogP contribution in [0.25, 0.3) is 11.0 Å². The van der Waals surface area contributed by atoms with Crippen LogP contribution >= 0.6 is 35.6 Å². The monoisotopic (exact) mass is 485 g/mol. The summed E-state index contributed by atoms with van der Waals surface area (Å²) >= 11 is 11.9. The lowest BCUT2D eigenvalue weighted by Crippen LogP contribution is -2.63. The van der Waals surface area contributed by atoms with Gasteiger partial charge >= 0.3 is 6.18 Å². The number of halogens is 6. The number of fused-ring (bicyclic) bond motifs is 3. The van der Waals surface area contributed by atoms with E-state index in [0.717, 1.165) is 0 Å². The Morgan fingerprint density at radius 3 is 2.53 bits per heavy atom. The van der Waals surface area contributed by atoms with E-state index >= 15 is 0 Å². The summed E-state index contributed by atoms with van der Waals surface area (Å²) in [6.45, 7) is 1.39. The number of carbonyl (C=O) groups is 2. The van der Waals surface area contributed by atoms with Crippen LogP contribution in [0.4, 0.5) is 19.1 Å². The minimum absolute atomic E-state index is 0. The summed E-state index contributed by atoms with van der Waals surface area (Å²) in [4.78, 5) is 29.1. The molecular formula is C17H17Cl3F3N5O2. The van der Waals surface area contributed by atoms with Gasteiger partial charge in [-0.25, -0.2) is 4.98 Å². The maximum Gasteiger partial charge on any atom is 0.440 e. The Balaban J connectivity index is 0.00000256. The number of rotatable bonds is 3. The minimum atomic E-state index is -5.13. The predicted octanol–water partition coefficient (Wildman–Crippen LogP) is 3.44. The molecule has 3 N–H and O–H groups in total. The van der Waals surface area contributed by atoms with E-state index in [0.29, 0.717) is 30.5 Å². The molecule has 2 amide bonds. The Kier molecular flexibility index (Phi) is 6.16. The van der Waals surface area contributed by atoms with Crippen molar-refractivity contribution in [2.45, 2.75) is 31.1 Å². The van der Waals surface area contributed by atoms with E-state index in [1.807, 2.05) is 5.32 Å². The van der Waals surface area contributed by atoms with Crippen LogP contribution in [0.3, 0.4) is 0 Å². The Morgan fingerprint density at radius 1 is 1.27 bits per heavy atom. The van der Waals surface area contributed by atoms with E-state index < -0.39 is 23.7 Å². The van der Waals surface area contributed by atoms with Crippen LogP contribution in [0.15, 0.2) is 12.1 Å². The number of amides is 2. The first-order chi connectivity index (χ1) is 13.6. The van der Waals surface area contributed by atoms with Gasteiger partial charge in [-0.3, -0.25) is 19.5 Å². The molecule has 13 heteroatoms. The molecule has 1 aromatic carbocycles. The summed E-state index contributed by atoms with van der Waals surface area (Å²) in [5.41, 5.74) is -3.29. The van der Waals surface area contributed by atoms with Gasteiger partial charge in [0.2, 0.25) is 11.9 Å². The molecule has 0 saturated carbocycles. The zero-order chi connectivity index (χ0) is 21.0. The van der Waals surface area contributed by atoms with Crippen LogP contribution in [0.1, 0.15) is 19.3 Å². The lowest BCUT2D eigenvalue weighted by atomic mass is 9.94. The van der Waals surface area contributed by atoms with Crippen molar-refractivity contribution in [1.82, 2.24) is 20.2 Å². The molecule has 1 saturated heterocycles. The van der Waals surface area contributed by atoms with E-state index in [1.54, 1.807) is 0 Å². The molecule has 4 rings (SSSR count). The topological polar surface area (TPSA) is 88.1 Å². The van der Waals surface area contributed by atoms with Crippen LogP contribution in [-0.2, 0) is 15.3 Å². The van der Waals surface area contributed by atoms with Crippen molar-refractivity contribution in [3.63, 3.8) is 0 Å². The number of anilines is 1. The van der Waals surface area contributed by atoms with Crippen molar-refractivity contribution < 1.29 is 22.8 Å². The van der Waals surface area contributed by atoms with Gasteiger partial charge in [0, 0.05) is 6.42 Å². The highest BCUT2D eigenvalue weighted by Crippen LogP contribution is 2.45. The van der Waals surface area contributed by atoms with Crippen molar-refractivity contribution in [3.05, 3.63) is 22.2 Å². The zero-order valence-corrected chi connectivity index (χ0v) is 17.6. The van der Waals surface area contributed by atoms with Crippen molar-refractivity contribution in [2.24, 2.45) is 5.92 Å². The van der Waals surface area contributed by atoms with Crippen LogP contribution in [0, 0.1) is 5.92 Å². The minimum Gasteiger partial charge on any atom is -0.317 e. The molecule has 3 heterocycles. The molecule has 2 aromatic rings. The number of imidazole rings is 1. The SMILES string of the molecule is Cl.O=C(CC1CCNCC1)NC1(C(F)(F)F)C(=O)Nc2nc3cc(Cl)c(Cl)cc3n21. The van der Waals surface area contributed by atoms with Crippen LogP contribution in [-0.4, -0.2) is 40.6 Å². The highest BCUT2D eigenvalue weighted by Gasteiger charge is 2.67. The number of carbonyl (C=O) groups excluding carboxylic acids is 2. The Hall–Kier alpha value is -1.75. The Bertz CT molecular complexity index is 1010. The van der Waals surface area contributed by atoms with Crippen LogP contribution in [0.2, 0.25) is 10.0 Å². The molecule has 1 unspecified atom stereocenters. The first kappa shape index (κ1) is 22.9. The lowest BCUT2D eigenvalue weighted by molar-refractivity contribution is -0.217. The van der Waals surface area contributed by atoms with Crippen molar-refractivity contribution in [1.29, 1.82) is 0 Å². The highest BCUT2D eigenvalue weighted by atomic mass is 35.5. The third-order valence-electron chi connectivity index (χ3n) is 5.25. The normalized spacial score (nSPS) is 21.8. The molecule has 1 fully saturated rings. The van der Waals surface area contributed by atoms with Gasteiger partial charge in [0.1, 0.15) is 0 Å². The summed E-state index contributed by atoms with van der Waals surface area (Å²) in [6, 6.07) is 2.49. The molecule has 0 bridgehead atoms. The molecule has 1 aromatic heterocycles. The molecule has 1 atom stereocenters. The third kappa shape index (κ3) is 3.59. The third-order valence-corrected chi connectivity index (χ3v) is 5.97. The molecule has 0 radical (unpaired) electrons. The summed E-state index contributed by atoms with van der Waals surface area (Å²) < 4.78 is 43.5. The number of hydrogen-bond acceptors (Lipinski definition) is 4. The Morgan fingerprint density at radius 2 is 1.90 bits per heavy atom. The fourth-order valence-electron chi connectivity index (χ4n) is 3.83. The zero-order valence-electron chi connectivity index (χ0n) is 15.3. The number of nitrogens with zero attached hydrogens (tertiary/aromatic N) is 2. The second-order valence-electron chi connectivity index (χ2n) is 7.13. The van der Waals surface area contributed by atoms with Gasteiger partial charge in [-0.05, 0) is 44.0 Å². The van der Waals surface area contributed by atoms with Gasteiger partial charge in [0.15, 0.2) is 0 Å². The molecule has 0 spiro atoms. The van der Waals surface area contributed by atoms with Crippen molar-refractivity contribution >= 4 is 64.4 Å². The van der Waals surface area contributed by atoms with E-state index in [2.05, 4.69) is 15.6 Å². The second-order valence-corrected chi connectivity index (χ2v) is 7.95. The van der Waals surface area contributed by atoms with E-state index in [1.165, 1.54) is 12.1 Å². The number of nitrogens with one attached hydrogen (secondary N) is 3. The van der Waals surface area contributed by atoms with Gasteiger partial charge < -0.3 is 10.6 Å². The summed E-state index contributed by atoms with van der Waals surface area (Å²) in [7, 11) is 0. The van der Waals surface area contributed by atoms with Crippen molar-refractivity contribution in [2.75, 3.05) is 18.4 Å². The summed E-state index contributed by atoms with van der Waals surface area (Å²) in [6.07, 6.45) is -3.90. The number of aromatic nitrogens is 2. The van der Waals surface area contributed by atoms with Gasteiger partial charge in [-0.1, -0.05) is 23.2 Å².